The number of esters is 1. The van der Waals surface area contributed by atoms with Crippen LogP contribution in [0, 0.1) is 5.92 Å². The van der Waals surface area contributed by atoms with Gasteiger partial charge in [-0.05, 0) is 23.1 Å². The van der Waals surface area contributed by atoms with Crippen molar-refractivity contribution in [2.45, 2.75) is 25.9 Å². The fraction of sp³-hybridized carbons (Fsp3) is 0.438. The van der Waals surface area contributed by atoms with Gasteiger partial charge in [0, 0.05) is 13.0 Å². The molecule has 102 valence electrons. The Kier molecular flexibility index (Phi) is 4.38. The molecule has 0 bridgehead atoms. The molecule has 0 heterocycles. The highest BCUT2D eigenvalue weighted by molar-refractivity contribution is 5.78. The lowest BCUT2D eigenvalue weighted by Gasteiger charge is -2.32. The van der Waals surface area contributed by atoms with Crippen molar-refractivity contribution in [3.8, 4) is 0 Å². The zero-order valence-corrected chi connectivity index (χ0v) is 11.7. The van der Waals surface area contributed by atoms with Crippen molar-refractivity contribution in [3.05, 3.63) is 41.5 Å². The molecule has 0 saturated heterocycles. The molecule has 1 aliphatic rings. The number of benzene rings is 1. The zero-order valence-electron chi connectivity index (χ0n) is 11.7. The number of carbonyl (C=O) groups excluding carboxylic acids is 1. The van der Waals surface area contributed by atoms with Crippen molar-refractivity contribution in [2.24, 2.45) is 5.92 Å². The van der Waals surface area contributed by atoms with E-state index >= 15 is 0 Å². The molecule has 0 fully saturated rings. The van der Waals surface area contributed by atoms with Crippen LogP contribution in [0.4, 0.5) is 0 Å². The summed E-state index contributed by atoms with van der Waals surface area (Å²) in [5.74, 6) is 0.0706. The summed E-state index contributed by atoms with van der Waals surface area (Å²) in [7, 11) is 3.16. The number of hydrogen-bond acceptors (Lipinski definition) is 3. The Morgan fingerprint density at radius 3 is 2.79 bits per heavy atom. The van der Waals surface area contributed by atoms with E-state index in [1.165, 1.54) is 23.8 Å². The molecule has 3 heteroatoms. The van der Waals surface area contributed by atoms with Gasteiger partial charge in [0.25, 0.3) is 0 Å². The van der Waals surface area contributed by atoms with E-state index in [4.69, 9.17) is 9.47 Å². The lowest BCUT2D eigenvalue weighted by molar-refractivity contribution is -0.139. The van der Waals surface area contributed by atoms with E-state index in [0.29, 0.717) is 6.42 Å². The van der Waals surface area contributed by atoms with Crippen molar-refractivity contribution in [2.75, 3.05) is 14.2 Å². The molecule has 0 aromatic heterocycles. The molecule has 19 heavy (non-hydrogen) atoms. The van der Waals surface area contributed by atoms with Gasteiger partial charge in [-0.3, -0.25) is 4.79 Å². The molecule has 0 amide bonds. The molecule has 0 spiro atoms. The predicted octanol–water partition coefficient (Wildman–Crippen LogP) is 2.84. The Hall–Kier alpha value is -1.61. The molecular weight excluding hydrogens is 240 g/mol. The van der Waals surface area contributed by atoms with E-state index < -0.39 is 0 Å². The average Bonchev–Trinajstić information content (AvgIpc) is 2.45. The zero-order chi connectivity index (χ0) is 13.8. The second kappa shape index (κ2) is 6.02. The highest BCUT2D eigenvalue weighted by atomic mass is 16.5. The maximum atomic E-state index is 11.3. The van der Waals surface area contributed by atoms with Gasteiger partial charge in [-0.1, -0.05) is 37.3 Å². The lowest BCUT2D eigenvalue weighted by Crippen LogP contribution is -2.29. The summed E-state index contributed by atoms with van der Waals surface area (Å²) in [5.41, 5.74) is 3.69. The number of rotatable bonds is 3. The Morgan fingerprint density at radius 1 is 1.37 bits per heavy atom. The second-order valence-corrected chi connectivity index (χ2v) is 4.86. The van der Waals surface area contributed by atoms with Gasteiger partial charge >= 0.3 is 5.97 Å². The maximum absolute atomic E-state index is 11.3. The van der Waals surface area contributed by atoms with Crippen molar-refractivity contribution < 1.29 is 14.3 Å². The minimum Gasteiger partial charge on any atom is -0.469 e. The second-order valence-electron chi connectivity index (χ2n) is 4.86. The first-order valence-corrected chi connectivity index (χ1v) is 6.55. The number of ether oxygens (including phenoxy) is 2. The smallest absolute Gasteiger partial charge is 0.309 e. The number of fused-ring (bicyclic) bond motifs is 1. The summed E-state index contributed by atoms with van der Waals surface area (Å²) >= 11 is 0. The number of carbonyl (C=O) groups is 1. The quantitative estimate of drug-likeness (QED) is 0.784. The van der Waals surface area contributed by atoms with E-state index in [2.05, 4.69) is 19.1 Å². The van der Waals surface area contributed by atoms with Gasteiger partial charge in [0.2, 0.25) is 0 Å². The first kappa shape index (κ1) is 13.8. The Labute approximate surface area is 114 Å². The Bertz CT molecular complexity index is 491. The first-order chi connectivity index (χ1) is 9.17. The molecule has 1 aliphatic carbocycles. The van der Waals surface area contributed by atoms with Gasteiger partial charge < -0.3 is 9.47 Å². The van der Waals surface area contributed by atoms with Gasteiger partial charge in [-0.15, -0.1) is 0 Å². The number of methoxy groups -OCH3 is 2. The molecule has 2 rings (SSSR count). The van der Waals surface area contributed by atoms with Gasteiger partial charge in [-0.2, -0.15) is 0 Å². The van der Waals surface area contributed by atoms with Crippen molar-refractivity contribution in [1.29, 1.82) is 0 Å². The molecule has 0 unspecified atom stereocenters. The largest absolute Gasteiger partial charge is 0.469 e. The molecular formula is C16H20O3. The summed E-state index contributed by atoms with van der Waals surface area (Å²) in [5, 5.41) is 0. The third-order valence-electron chi connectivity index (χ3n) is 3.82. The highest BCUT2D eigenvalue weighted by Gasteiger charge is 2.28. The van der Waals surface area contributed by atoms with Gasteiger partial charge in [0.1, 0.15) is 0 Å². The van der Waals surface area contributed by atoms with Crippen LogP contribution in [-0.4, -0.2) is 26.3 Å². The van der Waals surface area contributed by atoms with Crippen LogP contribution < -0.4 is 0 Å². The van der Waals surface area contributed by atoms with Gasteiger partial charge in [0.15, 0.2) is 0 Å². The van der Waals surface area contributed by atoms with Crippen molar-refractivity contribution >= 4 is 11.5 Å². The fourth-order valence-corrected chi connectivity index (χ4v) is 2.68. The van der Waals surface area contributed by atoms with Crippen molar-refractivity contribution in [1.82, 2.24) is 0 Å². The topological polar surface area (TPSA) is 35.5 Å². The SMILES string of the molecule is COC(=O)C/C=C1\c2ccccc2C[C@H](OC)[C@H]1C. The van der Waals surface area contributed by atoms with Crippen molar-refractivity contribution in [3.63, 3.8) is 0 Å². The van der Waals surface area contributed by atoms with Gasteiger partial charge in [0.05, 0.1) is 19.6 Å². The fourth-order valence-electron chi connectivity index (χ4n) is 2.68. The highest BCUT2D eigenvalue weighted by Crippen LogP contribution is 2.36. The summed E-state index contributed by atoms with van der Waals surface area (Å²) in [4.78, 5) is 11.3. The molecule has 1 aromatic carbocycles. The summed E-state index contributed by atoms with van der Waals surface area (Å²) in [6.45, 7) is 2.15. The monoisotopic (exact) mass is 260 g/mol. The third-order valence-corrected chi connectivity index (χ3v) is 3.82. The van der Waals surface area contributed by atoms with Crippen LogP contribution in [0.2, 0.25) is 0 Å². The summed E-state index contributed by atoms with van der Waals surface area (Å²) < 4.78 is 10.3. The summed E-state index contributed by atoms with van der Waals surface area (Å²) in [6.07, 6.45) is 3.36. The molecule has 0 N–H and O–H groups in total. The van der Waals surface area contributed by atoms with Crippen LogP contribution in [0.15, 0.2) is 30.3 Å². The molecule has 1 aromatic rings. The van der Waals surface area contributed by atoms with Gasteiger partial charge in [-0.25, -0.2) is 0 Å². The number of hydrogen-bond donors (Lipinski definition) is 0. The van der Waals surface area contributed by atoms with E-state index in [1.807, 2.05) is 18.2 Å². The van der Waals surface area contributed by atoms with E-state index in [0.717, 1.165) is 6.42 Å². The minimum atomic E-state index is -0.211. The molecule has 3 nitrogen and oxygen atoms in total. The third kappa shape index (κ3) is 2.87. The van der Waals surface area contributed by atoms with E-state index in [-0.39, 0.29) is 18.0 Å². The predicted molar refractivity (Wildman–Crippen MR) is 74.7 cm³/mol. The first-order valence-electron chi connectivity index (χ1n) is 6.55. The Balaban J connectivity index is 2.36. The van der Waals surface area contributed by atoms with Crippen LogP contribution in [0.3, 0.4) is 0 Å². The minimum absolute atomic E-state index is 0.166. The molecule has 0 saturated carbocycles. The van der Waals surface area contributed by atoms with Crippen LogP contribution in [0.5, 0.6) is 0 Å². The average molecular weight is 260 g/mol. The van der Waals surface area contributed by atoms with Crippen LogP contribution >= 0.6 is 0 Å². The molecule has 0 aliphatic heterocycles. The standard InChI is InChI=1S/C16H20O3/c1-11-13(8-9-16(17)19-3)14-7-5-4-6-12(14)10-15(11)18-2/h4-8,11,15H,9-10H2,1-3H3/b13-8-/t11-,15-/m0/s1. The van der Waals surface area contributed by atoms with Crippen LogP contribution in [0.1, 0.15) is 24.5 Å². The maximum Gasteiger partial charge on any atom is 0.309 e. The lowest BCUT2D eigenvalue weighted by atomic mass is 9.78. The summed E-state index contributed by atoms with van der Waals surface area (Å²) in [6, 6.07) is 8.31. The Morgan fingerprint density at radius 2 is 2.11 bits per heavy atom. The molecule has 0 radical (unpaired) electrons. The van der Waals surface area contributed by atoms with Crippen LogP contribution in [0.25, 0.3) is 5.57 Å². The van der Waals surface area contributed by atoms with E-state index in [9.17, 15) is 4.79 Å². The van der Waals surface area contributed by atoms with Crippen LogP contribution in [-0.2, 0) is 20.7 Å². The normalized spacial score (nSPS) is 24.1. The van der Waals surface area contributed by atoms with E-state index in [1.54, 1.807) is 7.11 Å². The molecule has 2 atom stereocenters.